The zero-order valence-corrected chi connectivity index (χ0v) is 12.9. The van der Waals surface area contributed by atoms with E-state index in [9.17, 15) is 0 Å². The molecule has 0 aromatic heterocycles. The van der Waals surface area contributed by atoms with E-state index in [1.807, 2.05) is 0 Å². The van der Waals surface area contributed by atoms with Crippen LogP contribution in [-0.2, 0) is 4.74 Å². The highest BCUT2D eigenvalue weighted by Crippen LogP contribution is 2.28. The molecule has 1 saturated heterocycles. The van der Waals surface area contributed by atoms with Crippen molar-refractivity contribution in [3.05, 3.63) is 0 Å². The zero-order valence-electron chi connectivity index (χ0n) is 12.9. The summed E-state index contributed by atoms with van der Waals surface area (Å²) >= 11 is 0. The summed E-state index contributed by atoms with van der Waals surface area (Å²) in [7, 11) is 0. The predicted octanol–water partition coefficient (Wildman–Crippen LogP) is 2.66. The number of rotatable bonds is 6. The lowest BCUT2D eigenvalue weighted by Crippen LogP contribution is -2.52. The number of likely N-dealkylation sites (N-methyl/N-ethyl adjacent to an activating group) is 2. The van der Waals surface area contributed by atoms with Gasteiger partial charge in [-0.05, 0) is 25.4 Å². The Labute approximate surface area is 119 Å². The van der Waals surface area contributed by atoms with E-state index < -0.39 is 0 Å². The van der Waals surface area contributed by atoms with Crippen molar-refractivity contribution in [2.24, 2.45) is 5.92 Å². The van der Waals surface area contributed by atoms with E-state index >= 15 is 0 Å². The number of nitrogens with one attached hydrogen (secondary N) is 1. The van der Waals surface area contributed by atoms with Crippen molar-refractivity contribution < 1.29 is 4.74 Å². The first-order valence-electron chi connectivity index (χ1n) is 8.40. The highest BCUT2D eigenvalue weighted by Gasteiger charge is 2.29. The van der Waals surface area contributed by atoms with Gasteiger partial charge in [-0.3, -0.25) is 4.90 Å². The smallest absolute Gasteiger partial charge is 0.0855 e. The van der Waals surface area contributed by atoms with Crippen LogP contribution >= 0.6 is 0 Å². The fraction of sp³-hybridized carbons (Fsp3) is 1.00. The van der Waals surface area contributed by atoms with Crippen LogP contribution in [-0.4, -0.2) is 49.8 Å². The van der Waals surface area contributed by atoms with Crippen LogP contribution in [0.3, 0.4) is 0 Å². The van der Waals surface area contributed by atoms with Crippen LogP contribution in [0.4, 0.5) is 0 Å². The molecule has 2 rings (SSSR count). The minimum Gasteiger partial charge on any atom is -0.374 e. The van der Waals surface area contributed by atoms with Gasteiger partial charge in [0.1, 0.15) is 0 Å². The highest BCUT2D eigenvalue weighted by atomic mass is 16.5. The molecule has 2 aliphatic rings. The highest BCUT2D eigenvalue weighted by molar-refractivity contribution is 4.85. The van der Waals surface area contributed by atoms with Crippen molar-refractivity contribution in [3.8, 4) is 0 Å². The maximum absolute atomic E-state index is 6.06. The molecule has 0 amide bonds. The maximum Gasteiger partial charge on any atom is 0.0855 e. The molecule has 0 spiro atoms. The molecule has 112 valence electrons. The number of morpholine rings is 1. The Bertz CT molecular complexity index is 241. The summed E-state index contributed by atoms with van der Waals surface area (Å²) in [6.07, 6.45) is 8.92. The molecule has 0 radical (unpaired) electrons. The quantitative estimate of drug-likeness (QED) is 0.801. The lowest BCUT2D eigenvalue weighted by atomic mass is 9.83. The van der Waals surface area contributed by atoms with E-state index in [0.717, 1.165) is 38.7 Å². The topological polar surface area (TPSA) is 24.5 Å². The average molecular weight is 268 g/mol. The van der Waals surface area contributed by atoms with Crippen molar-refractivity contribution in [1.82, 2.24) is 10.2 Å². The molecule has 1 heterocycles. The molecule has 3 heteroatoms. The zero-order chi connectivity index (χ0) is 13.5. The Balaban J connectivity index is 1.86. The summed E-state index contributed by atoms with van der Waals surface area (Å²) in [6.45, 7) is 9.81. The SMILES string of the molecule is CCNC(CC1CCCCC1)C1CN(CC)CCO1. The fourth-order valence-corrected chi connectivity index (χ4v) is 3.67. The van der Waals surface area contributed by atoms with Gasteiger partial charge in [0.25, 0.3) is 0 Å². The Hall–Kier alpha value is -0.120. The normalized spacial score (nSPS) is 28.4. The second kappa shape index (κ2) is 8.23. The summed E-state index contributed by atoms with van der Waals surface area (Å²) in [4.78, 5) is 2.53. The largest absolute Gasteiger partial charge is 0.374 e. The molecule has 1 aliphatic carbocycles. The van der Waals surface area contributed by atoms with Gasteiger partial charge in [-0.1, -0.05) is 46.0 Å². The fourth-order valence-electron chi connectivity index (χ4n) is 3.67. The van der Waals surface area contributed by atoms with Gasteiger partial charge >= 0.3 is 0 Å². The minimum atomic E-state index is 0.399. The van der Waals surface area contributed by atoms with E-state index in [-0.39, 0.29) is 0 Å². The van der Waals surface area contributed by atoms with Crippen LogP contribution in [0.15, 0.2) is 0 Å². The van der Waals surface area contributed by atoms with Crippen molar-refractivity contribution in [2.75, 3.05) is 32.8 Å². The molecule has 3 nitrogen and oxygen atoms in total. The van der Waals surface area contributed by atoms with Crippen LogP contribution in [0.5, 0.6) is 0 Å². The number of ether oxygens (including phenoxy) is 1. The molecular formula is C16H32N2O. The van der Waals surface area contributed by atoms with Gasteiger partial charge in [0.2, 0.25) is 0 Å². The molecule has 0 aromatic rings. The number of hydrogen-bond donors (Lipinski definition) is 1. The first-order chi connectivity index (χ1) is 9.33. The van der Waals surface area contributed by atoms with E-state index in [0.29, 0.717) is 12.1 Å². The lowest BCUT2D eigenvalue weighted by Gasteiger charge is -2.38. The van der Waals surface area contributed by atoms with Crippen molar-refractivity contribution in [1.29, 1.82) is 0 Å². The summed E-state index contributed by atoms with van der Waals surface area (Å²) in [5.74, 6) is 0.929. The molecule has 2 unspecified atom stereocenters. The summed E-state index contributed by atoms with van der Waals surface area (Å²) in [5, 5.41) is 3.69. The van der Waals surface area contributed by atoms with Crippen molar-refractivity contribution in [2.45, 2.75) is 64.5 Å². The van der Waals surface area contributed by atoms with E-state index in [1.54, 1.807) is 0 Å². The first-order valence-corrected chi connectivity index (χ1v) is 8.40. The minimum absolute atomic E-state index is 0.399. The van der Waals surface area contributed by atoms with Crippen LogP contribution in [0.1, 0.15) is 52.4 Å². The van der Waals surface area contributed by atoms with Gasteiger partial charge in [0, 0.05) is 19.1 Å². The molecule has 2 atom stereocenters. The predicted molar refractivity (Wildman–Crippen MR) is 80.5 cm³/mol. The van der Waals surface area contributed by atoms with Gasteiger partial charge < -0.3 is 10.1 Å². The third-order valence-corrected chi connectivity index (χ3v) is 4.85. The Kier molecular flexibility index (Phi) is 6.62. The Morgan fingerprint density at radius 2 is 2.00 bits per heavy atom. The first kappa shape index (κ1) is 15.3. The Morgan fingerprint density at radius 3 is 2.68 bits per heavy atom. The summed E-state index contributed by atoms with van der Waals surface area (Å²) < 4.78 is 6.06. The van der Waals surface area contributed by atoms with Gasteiger partial charge in [-0.2, -0.15) is 0 Å². The van der Waals surface area contributed by atoms with Crippen LogP contribution in [0.2, 0.25) is 0 Å². The van der Waals surface area contributed by atoms with Gasteiger partial charge in [-0.15, -0.1) is 0 Å². The third kappa shape index (κ3) is 4.73. The van der Waals surface area contributed by atoms with Crippen LogP contribution in [0, 0.1) is 5.92 Å². The van der Waals surface area contributed by atoms with E-state index in [2.05, 4.69) is 24.1 Å². The Morgan fingerprint density at radius 1 is 1.21 bits per heavy atom. The average Bonchev–Trinajstić information content (AvgIpc) is 2.48. The summed E-state index contributed by atoms with van der Waals surface area (Å²) in [6, 6.07) is 0.558. The van der Waals surface area contributed by atoms with Gasteiger partial charge in [0.15, 0.2) is 0 Å². The standard InChI is InChI=1S/C16H32N2O/c1-3-17-15(12-14-8-6-5-7-9-14)16-13-18(4-2)10-11-19-16/h14-17H,3-13H2,1-2H3. The molecule has 1 N–H and O–H groups in total. The van der Waals surface area contributed by atoms with E-state index in [1.165, 1.54) is 38.5 Å². The van der Waals surface area contributed by atoms with Gasteiger partial charge in [-0.25, -0.2) is 0 Å². The third-order valence-electron chi connectivity index (χ3n) is 4.85. The lowest BCUT2D eigenvalue weighted by molar-refractivity contribution is -0.0490. The molecular weight excluding hydrogens is 236 g/mol. The second-order valence-electron chi connectivity index (χ2n) is 6.21. The van der Waals surface area contributed by atoms with Crippen molar-refractivity contribution >= 4 is 0 Å². The molecule has 19 heavy (non-hydrogen) atoms. The number of nitrogens with zero attached hydrogens (tertiary/aromatic N) is 1. The van der Waals surface area contributed by atoms with Crippen molar-refractivity contribution in [3.63, 3.8) is 0 Å². The molecule has 0 bridgehead atoms. The maximum atomic E-state index is 6.06. The van der Waals surface area contributed by atoms with Gasteiger partial charge in [0.05, 0.1) is 12.7 Å². The van der Waals surface area contributed by atoms with E-state index in [4.69, 9.17) is 4.74 Å². The monoisotopic (exact) mass is 268 g/mol. The molecule has 0 aromatic carbocycles. The second-order valence-corrected chi connectivity index (χ2v) is 6.21. The summed E-state index contributed by atoms with van der Waals surface area (Å²) in [5.41, 5.74) is 0. The number of hydrogen-bond acceptors (Lipinski definition) is 3. The van der Waals surface area contributed by atoms with Crippen LogP contribution < -0.4 is 5.32 Å². The molecule has 1 aliphatic heterocycles. The molecule has 1 saturated carbocycles. The van der Waals surface area contributed by atoms with Crippen LogP contribution in [0.25, 0.3) is 0 Å². The molecule has 2 fully saturated rings.